The van der Waals surface area contributed by atoms with E-state index in [2.05, 4.69) is 10.1 Å². The molecule has 0 saturated heterocycles. The fourth-order valence-electron chi connectivity index (χ4n) is 1.56. The third kappa shape index (κ3) is 2.48. The van der Waals surface area contributed by atoms with Gasteiger partial charge in [-0.05, 0) is 12.1 Å². The molecule has 7 heteroatoms. The van der Waals surface area contributed by atoms with Gasteiger partial charge < -0.3 is 14.9 Å². The second kappa shape index (κ2) is 5.13. The molecule has 2 heterocycles. The summed E-state index contributed by atoms with van der Waals surface area (Å²) in [5.41, 5.74) is 0.577. The number of rotatable bonds is 4. The lowest BCUT2D eigenvalue weighted by Crippen LogP contribution is -2.15. The zero-order valence-electron chi connectivity index (χ0n) is 9.70. The first-order valence-electron chi connectivity index (χ1n) is 5.24. The summed E-state index contributed by atoms with van der Waals surface area (Å²) in [5, 5.41) is 20.9. The van der Waals surface area contributed by atoms with Crippen LogP contribution in [0.25, 0.3) is 5.82 Å². The van der Waals surface area contributed by atoms with E-state index in [-0.39, 0.29) is 23.5 Å². The average Bonchev–Trinajstić information content (AvgIpc) is 2.71. The third-order valence-electron chi connectivity index (χ3n) is 2.37. The minimum absolute atomic E-state index is 0.259. The van der Waals surface area contributed by atoms with Crippen LogP contribution in [0.1, 0.15) is 17.5 Å². The van der Waals surface area contributed by atoms with E-state index in [4.69, 9.17) is 14.9 Å². The monoisotopic (exact) mass is 251 g/mol. The lowest BCUT2D eigenvalue weighted by molar-refractivity contribution is -0.0425. The number of H-pyrrole nitrogens is 1. The Morgan fingerprint density at radius 2 is 2.28 bits per heavy atom. The summed E-state index contributed by atoms with van der Waals surface area (Å²) in [6.07, 6.45) is -0.205. The quantitative estimate of drug-likeness (QED) is 0.647. The molecular weight excluding hydrogens is 238 g/mol. The minimum Gasteiger partial charge on any atom is -0.378 e. The highest BCUT2D eigenvalue weighted by molar-refractivity contribution is 5.28. The summed E-state index contributed by atoms with van der Waals surface area (Å²) in [4.78, 5) is 15.7. The summed E-state index contributed by atoms with van der Waals surface area (Å²) < 4.78 is 6.12. The van der Waals surface area contributed by atoms with Gasteiger partial charge in [-0.3, -0.25) is 9.89 Å². The average molecular weight is 251 g/mol. The molecule has 0 fully saturated rings. The first kappa shape index (κ1) is 12.5. The Morgan fingerprint density at radius 1 is 1.50 bits per heavy atom. The minimum atomic E-state index is -1.60. The van der Waals surface area contributed by atoms with Crippen LogP contribution in [0.2, 0.25) is 0 Å². The highest BCUT2D eigenvalue weighted by Crippen LogP contribution is 2.11. The molecule has 18 heavy (non-hydrogen) atoms. The number of aromatic amines is 1. The van der Waals surface area contributed by atoms with E-state index in [1.807, 2.05) is 0 Å². The molecule has 0 aliphatic rings. The van der Waals surface area contributed by atoms with Gasteiger partial charge in [-0.2, -0.15) is 0 Å². The zero-order valence-corrected chi connectivity index (χ0v) is 9.70. The Bertz CT molecular complexity index is 588. The number of ether oxygens (including phenoxy) is 1. The zero-order chi connectivity index (χ0) is 13.1. The van der Waals surface area contributed by atoms with Crippen LogP contribution >= 0.6 is 0 Å². The maximum atomic E-state index is 11.7. The molecule has 7 nitrogen and oxygen atoms in total. The molecule has 2 aromatic heterocycles. The molecular formula is C11H13N3O4. The third-order valence-corrected chi connectivity index (χ3v) is 2.37. The van der Waals surface area contributed by atoms with Gasteiger partial charge in [0.2, 0.25) is 0 Å². The predicted octanol–water partition coefficient (Wildman–Crippen LogP) is -0.310. The van der Waals surface area contributed by atoms with E-state index in [0.29, 0.717) is 5.69 Å². The van der Waals surface area contributed by atoms with Crippen molar-refractivity contribution in [1.29, 1.82) is 0 Å². The first-order valence-corrected chi connectivity index (χ1v) is 5.24. The van der Waals surface area contributed by atoms with E-state index in [1.165, 1.54) is 36.2 Å². The lowest BCUT2D eigenvalue weighted by Gasteiger charge is -2.06. The van der Waals surface area contributed by atoms with Crippen molar-refractivity contribution in [1.82, 2.24) is 14.8 Å². The molecule has 0 atom stereocenters. The maximum absolute atomic E-state index is 11.7. The van der Waals surface area contributed by atoms with Gasteiger partial charge in [0.1, 0.15) is 0 Å². The van der Waals surface area contributed by atoms with Crippen LogP contribution in [0.5, 0.6) is 0 Å². The predicted molar refractivity (Wildman–Crippen MR) is 62.1 cm³/mol. The van der Waals surface area contributed by atoms with Crippen LogP contribution in [0.3, 0.4) is 0 Å². The molecule has 0 amide bonds. The van der Waals surface area contributed by atoms with Crippen molar-refractivity contribution in [3.05, 3.63) is 46.0 Å². The molecule has 0 saturated carbocycles. The normalized spacial score (nSPS) is 11.1. The second-order valence-electron chi connectivity index (χ2n) is 3.71. The number of nitrogens with one attached hydrogen (secondary N) is 1. The number of aliphatic hydroxyl groups excluding tert-OH is 1. The van der Waals surface area contributed by atoms with Gasteiger partial charge in [-0.15, -0.1) is 0 Å². The van der Waals surface area contributed by atoms with Crippen LogP contribution in [-0.2, 0) is 11.3 Å². The number of hydrogen-bond donors (Lipinski definition) is 3. The van der Waals surface area contributed by atoms with Gasteiger partial charge in [0.25, 0.3) is 5.56 Å². The highest BCUT2D eigenvalue weighted by Gasteiger charge is 2.09. The van der Waals surface area contributed by atoms with Crippen molar-refractivity contribution in [3.63, 3.8) is 0 Å². The van der Waals surface area contributed by atoms with Crippen molar-refractivity contribution in [3.8, 4) is 5.82 Å². The van der Waals surface area contributed by atoms with Crippen molar-refractivity contribution in [2.75, 3.05) is 7.11 Å². The molecule has 0 aliphatic heterocycles. The van der Waals surface area contributed by atoms with Gasteiger partial charge >= 0.3 is 0 Å². The van der Waals surface area contributed by atoms with E-state index < -0.39 is 6.29 Å². The summed E-state index contributed by atoms with van der Waals surface area (Å²) in [5.74, 6) is 0.285. The summed E-state index contributed by atoms with van der Waals surface area (Å²) in [7, 11) is 1.52. The second-order valence-corrected chi connectivity index (χ2v) is 3.71. The molecule has 0 aliphatic carbocycles. The Balaban J connectivity index is 2.42. The van der Waals surface area contributed by atoms with Gasteiger partial charge in [0.15, 0.2) is 12.1 Å². The van der Waals surface area contributed by atoms with Gasteiger partial charge in [-0.25, -0.2) is 9.67 Å². The summed E-state index contributed by atoms with van der Waals surface area (Å²) in [6.45, 7) is 0.282. The largest absolute Gasteiger partial charge is 0.378 e. The molecule has 0 radical (unpaired) electrons. The van der Waals surface area contributed by atoms with Crippen LogP contribution in [-0.4, -0.2) is 32.1 Å². The van der Waals surface area contributed by atoms with Gasteiger partial charge in [-0.1, -0.05) is 0 Å². The standard InChI is InChI=1S/C11H13N3O4/c1-18-6-8-5-10(15)14(13-8)9-4-7(11(16)17)2-3-12-9/h2-5,11,13,16-17H,6H2,1H3. The number of aliphatic hydroxyl groups is 2. The molecule has 2 aromatic rings. The van der Waals surface area contributed by atoms with Crippen LogP contribution in [0.4, 0.5) is 0 Å². The summed E-state index contributed by atoms with van der Waals surface area (Å²) in [6, 6.07) is 4.27. The maximum Gasteiger partial charge on any atom is 0.272 e. The van der Waals surface area contributed by atoms with Crippen LogP contribution in [0.15, 0.2) is 29.2 Å². The molecule has 0 unspecified atom stereocenters. The van der Waals surface area contributed by atoms with Crippen molar-refractivity contribution < 1.29 is 14.9 Å². The van der Waals surface area contributed by atoms with Gasteiger partial charge in [0, 0.05) is 24.9 Å². The number of aromatic nitrogens is 3. The van der Waals surface area contributed by atoms with E-state index >= 15 is 0 Å². The topological polar surface area (TPSA) is 100 Å². The number of nitrogens with zero attached hydrogens (tertiary/aromatic N) is 2. The molecule has 0 spiro atoms. The van der Waals surface area contributed by atoms with Crippen molar-refractivity contribution in [2.24, 2.45) is 0 Å². The Hall–Kier alpha value is -1.96. The fraction of sp³-hybridized carbons (Fsp3) is 0.273. The molecule has 0 bridgehead atoms. The number of hydrogen-bond acceptors (Lipinski definition) is 5. The van der Waals surface area contributed by atoms with Crippen LogP contribution < -0.4 is 5.56 Å². The lowest BCUT2D eigenvalue weighted by atomic mass is 10.2. The van der Waals surface area contributed by atoms with Crippen molar-refractivity contribution >= 4 is 0 Å². The van der Waals surface area contributed by atoms with Gasteiger partial charge in [0.05, 0.1) is 12.3 Å². The SMILES string of the molecule is COCc1cc(=O)n(-c2cc(C(O)O)ccn2)[nH]1. The Labute approximate surface area is 102 Å². The van der Waals surface area contributed by atoms with Crippen LogP contribution in [0, 0.1) is 0 Å². The molecule has 2 rings (SSSR count). The Kier molecular flexibility index (Phi) is 3.56. The van der Waals surface area contributed by atoms with E-state index in [9.17, 15) is 4.79 Å². The molecule has 3 N–H and O–H groups in total. The van der Waals surface area contributed by atoms with E-state index in [0.717, 1.165) is 0 Å². The fourth-order valence-corrected chi connectivity index (χ4v) is 1.56. The van der Waals surface area contributed by atoms with E-state index in [1.54, 1.807) is 0 Å². The summed E-state index contributed by atoms with van der Waals surface area (Å²) >= 11 is 0. The Morgan fingerprint density at radius 3 is 2.94 bits per heavy atom. The molecule has 0 aromatic carbocycles. The number of methoxy groups -OCH3 is 1. The smallest absolute Gasteiger partial charge is 0.272 e. The van der Waals surface area contributed by atoms with Crippen molar-refractivity contribution in [2.45, 2.75) is 12.9 Å². The first-order chi connectivity index (χ1) is 8.61. The molecule has 96 valence electrons. The highest BCUT2D eigenvalue weighted by atomic mass is 16.5. The number of pyridine rings is 1.